The zero-order valence-corrected chi connectivity index (χ0v) is 15.9. The second-order valence-corrected chi connectivity index (χ2v) is 7.99. The summed E-state index contributed by atoms with van der Waals surface area (Å²) < 4.78 is 0. The minimum Gasteiger partial charge on any atom is -0.368 e. The Morgan fingerprint density at radius 2 is 1.96 bits per heavy atom. The molecule has 0 unspecified atom stereocenters. The van der Waals surface area contributed by atoms with Crippen LogP contribution in [0.5, 0.6) is 0 Å². The molecule has 28 heavy (non-hydrogen) atoms. The second kappa shape index (κ2) is 6.93. The van der Waals surface area contributed by atoms with Gasteiger partial charge in [-0.05, 0) is 43.5 Å². The van der Waals surface area contributed by atoms with Crippen molar-refractivity contribution in [3.8, 4) is 0 Å². The van der Waals surface area contributed by atoms with Crippen molar-refractivity contribution in [2.45, 2.75) is 43.7 Å². The maximum absolute atomic E-state index is 13.0. The van der Waals surface area contributed by atoms with Crippen molar-refractivity contribution in [3.05, 3.63) is 54.2 Å². The van der Waals surface area contributed by atoms with Gasteiger partial charge in [0.15, 0.2) is 5.82 Å². The van der Waals surface area contributed by atoms with E-state index in [4.69, 9.17) is 4.99 Å². The molecule has 5 rings (SSSR count). The highest BCUT2D eigenvalue weighted by molar-refractivity contribution is 6.09. The predicted octanol–water partition coefficient (Wildman–Crippen LogP) is 3.55. The Balaban J connectivity index is 1.46. The summed E-state index contributed by atoms with van der Waals surface area (Å²) in [7, 11) is 0. The minimum absolute atomic E-state index is 0.0801. The van der Waals surface area contributed by atoms with Gasteiger partial charge < -0.3 is 15.5 Å². The van der Waals surface area contributed by atoms with Crippen molar-refractivity contribution in [1.82, 2.24) is 9.88 Å². The van der Waals surface area contributed by atoms with E-state index in [1.54, 1.807) is 6.20 Å². The highest BCUT2D eigenvalue weighted by atomic mass is 16.2. The lowest BCUT2D eigenvalue weighted by Crippen LogP contribution is -2.55. The minimum atomic E-state index is -0.372. The molecule has 1 aliphatic carbocycles. The van der Waals surface area contributed by atoms with E-state index in [0.29, 0.717) is 19.1 Å². The molecule has 144 valence electrons. The third-order valence-electron chi connectivity index (χ3n) is 6.09. The topological polar surface area (TPSA) is 69.6 Å². The summed E-state index contributed by atoms with van der Waals surface area (Å²) >= 11 is 0. The van der Waals surface area contributed by atoms with Crippen LogP contribution in [-0.2, 0) is 0 Å². The van der Waals surface area contributed by atoms with Crippen LogP contribution in [0.1, 0.15) is 42.5 Å². The number of pyridine rings is 1. The van der Waals surface area contributed by atoms with Gasteiger partial charge in [0.05, 0.1) is 18.3 Å². The van der Waals surface area contributed by atoms with E-state index < -0.39 is 0 Å². The maximum atomic E-state index is 13.0. The van der Waals surface area contributed by atoms with Gasteiger partial charge in [0.2, 0.25) is 0 Å². The van der Waals surface area contributed by atoms with Crippen LogP contribution >= 0.6 is 0 Å². The summed E-state index contributed by atoms with van der Waals surface area (Å²) in [6.07, 6.45) is 7.40. The van der Waals surface area contributed by atoms with Crippen molar-refractivity contribution in [3.63, 3.8) is 0 Å². The summed E-state index contributed by atoms with van der Waals surface area (Å²) in [5, 5.41) is 7.18. The van der Waals surface area contributed by atoms with E-state index in [1.165, 1.54) is 12.8 Å². The average molecular weight is 375 g/mol. The van der Waals surface area contributed by atoms with Crippen LogP contribution in [0.25, 0.3) is 0 Å². The third kappa shape index (κ3) is 3.03. The number of hydrogen-bond donors (Lipinski definition) is 2. The van der Waals surface area contributed by atoms with Crippen molar-refractivity contribution < 1.29 is 4.79 Å². The van der Waals surface area contributed by atoms with E-state index in [1.807, 2.05) is 47.4 Å². The molecule has 2 aliphatic heterocycles. The molecule has 6 heteroatoms. The number of likely N-dealkylation sites (tertiary alicyclic amines) is 1. The lowest BCUT2D eigenvalue weighted by molar-refractivity contribution is 0.0789. The fourth-order valence-electron chi connectivity index (χ4n) is 4.57. The van der Waals surface area contributed by atoms with Gasteiger partial charge in [-0.3, -0.25) is 9.79 Å². The van der Waals surface area contributed by atoms with Gasteiger partial charge in [-0.15, -0.1) is 0 Å². The first kappa shape index (κ1) is 17.2. The van der Waals surface area contributed by atoms with E-state index in [9.17, 15) is 4.79 Å². The molecule has 1 saturated heterocycles. The number of hydrogen-bond acceptors (Lipinski definition) is 4. The number of aromatic nitrogens is 1. The summed E-state index contributed by atoms with van der Waals surface area (Å²) in [6.45, 7) is 1.31. The first-order valence-electron chi connectivity index (χ1n) is 10.2. The van der Waals surface area contributed by atoms with Gasteiger partial charge in [-0.1, -0.05) is 31.0 Å². The zero-order chi connectivity index (χ0) is 19.0. The maximum Gasteiger partial charge on any atom is 0.253 e. The number of nitrogens with one attached hydrogen (secondary N) is 2. The Kier molecular flexibility index (Phi) is 4.26. The molecule has 1 aromatic heterocycles. The lowest BCUT2D eigenvalue weighted by atomic mass is 9.93. The Morgan fingerprint density at radius 1 is 1.14 bits per heavy atom. The SMILES string of the molecule is O=C(c1ccccc1)N1CC[C@@]2(C1)Nc1cccnc1NC2=NC1CCCC1. The molecule has 2 aromatic rings. The number of aliphatic imine (C=N–C) groups is 1. The van der Waals surface area contributed by atoms with E-state index in [-0.39, 0.29) is 11.4 Å². The molecule has 1 saturated carbocycles. The van der Waals surface area contributed by atoms with Gasteiger partial charge in [-0.25, -0.2) is 4.98 Å². The molecule has 1 aromatic carbocycles. The standard InChI is InChI=1S/C22H25N5O/c28-20(16-7-2-1-3-8-16)27-14-12-22(15-27)21(24-17-9-4-5-10-17)25-19-18(26-22)11-6-13-23-19/h1-3,6-8,11,13,17,26H,4-5,9-10,12,14-15H2,(H,23,24,25)/t22-/m0/s1. The number of benzene rings is 1. The Bertz CT molecular complexity index is 906. The van der Waals surface area contributed by atoms with Gasteiger partial charge in [0, 0.05) is 18.3 Å². The van der Waals surface area contributed by atoms with Crippen molar-refractivity contribution >= 4 is 23.2 Å². The van der Waals surface area contributed by atoms with Crippen LogP contribution in [0.4, 0.5) is 11.5 Å². The van der Waals surface area contributed by atoms with Crippen LogP contribution < -0.4 is 10.6 Å². The molecule has 2 fully saturated rings. The number of amidine groups is 1. The third-order valence-corrected chi connectivity index (χ3v) is 6.09. The number of amides is 1. The highest BCUT2D eigenvalue weighted by Crippen LogP contribution is 2.36. The van der Waals surface area contributed by atoms with Crippen LogP contribution in [0.15, 0.2) is 53.7 Å². The largest absolute Gasteiger partial charge is 0.368 e. The summed E-state index contributed by atoms with van der Waals surface area (Å²) in [6, 6.07) is 13.9. The van der Waals surface area contributed by atoms with Crippen LogP contribution in [0.2, 0.25) is 0 Å². The smallest absolute Gasteiger partial charge is 0.253 e. The number of nitrogens with zero attached hydrogens (tertiary/aromatic N) is 3. The van der Waals surface area contributed by atoms with Gasteiger partial charge >= 0.3 is 0 Å². The van der Waals surface area contributed by atoms with Gasteiger partial charge in [0.1, 0.15) is 11.4 Å². The first-order chi connectivity index (χ1) is 13.7. The fraction of sp³-hybridized carbons (Fsp3) is 0.409. The average Bonchev–Trinajstić information content (AvgIpc) is 3.39. The zero-order valence-electron chi connectivity index (χ0n) is 15.9. The summed E-state index contributed by atoms with van der Waals surface area (Å²) in [5.74, 6) is 1.84. The van der Waals surface area contributed by atoms with Crippen LogP contribution in [-0.4, -0.2) is 46.3 Å². The van der Waals surface area contributed by atoms with Crippen molar-refractivity contribution in [2.24, 2.45) is 4.99 Å². The number of carbonyl (C=O) groups is 1. The quantitative estimate of drug-likeness (QED) is 0.842. The Hall–Kier alpha value is -2.89. The highest BCUT2D eigenvalue weighted by Gasteiger charge is 2.47. The van der Waals surface area contributed by atoms with E-state index >= 15 is 0 Å². The van der Waals surface area contributed by atoms with E-state index in [2.05, 4.69) is 15.6 Å². The van der Waals surface area contributed by atoms with Crippen LogP contribution in [0, 0.1) is 0 Å². The molecule has 1 atom stereocenters. The number of rotatable bonds is 2. The first-order valence-corrected chi connectivity index (χ1v) is 10.2. The predicted molar refractivity (Wildman–Crippen MR) is 111 cm³/mol. The lowest BCUT2D eigenvalue weighted by Gasteiger charge is -2.38. The molecule has 0 bridgehead atoms. The monoisotopic (exact) mass is 375 g/mol. The van der Waals surface area contributed by atoms with Gasteiger partial charge in [0.25, 0.3) is 5.91 Å². The molecule has 1 amide bonds. The molecular weight excluding hydrogens is 350 g/mol. The normalized spacial score (nSPS) is 25.6. The molecule has 3 aliphatic rings. The van der Waals surface area contributed by atoms with Crippen molar-refractivity contribution in [1.29, 1.82) is 0 Å². The summed E-state index contributed by atoms with van der Waals surface area (Å²) in [5.41, 5.74) is 1.34. The fourth-order valence-corrected chi connectivity index (χ4v) is 4.57. The number of carbonyl (C=O) groups excluding carboxylic acids is 1. The molecular formula is C22H25N5O. The van der Waals surface area contributed by atoms with Crippen molar-refractivity contribution in [2.75, 3.05) is 23.7 Å². The van der Waals surface area contributed by atoms with Crippen LogP contribution in [0.3, 0.4) is 0 Å². The number of anilines is 2. The van der Waals surface area contributed by atoms with Gasteiger partial charge in [-0.2, -0.15) is 0 Å². The van der Waals surface area contributed by atoms with E-state index in [0.717, 1.165) is 42.2 Å². The molecule has 1 spiro atoms. The molecule has 3 heterocycles. The summed E-state index contributed by atoms with van der Waals surface area (Å²) in [4.78, 5) is 24.5. The number of fused-ring (bicyclic) bond motifs is 1. The Labute approximate surface area is 165 Å². The second-order valence-electron chi connectivity index (χ2n) is 7.99. The molecule has 6 nitrogen and oxygen atoms in total. The molecule has 2 N–H and O–H groups in total. The molecule has 0 radical (unpaired) electrons. The Morgan fingerprint density at radius 3 is 2.79 bits per heavy atom.